The Balaban J connectivity index is 1.96. The third-order valence-corrected chi connectivity index (χ3v) is 2.94. The first-order chi connectivity index (χ1) is 8.20. The molecule has 1 aromatic carbocycles. The smallest absolute Gasteiger partial charge is 0.340 e. The minimum absolute atomic E-state index is 0.373. The molecule has 0 saturated heterocycles. The lowest BCUT2D eigenvalue weighted by molar-refractivity contribution is 0.0496. The summed E-state index contributed by atoms with van der Waals surface area (Å²) in [5.74, 6) is 0.987. The van der Waals surface area contributed by atoms with Crippen LogP contribution in [0.15, 0.2) is 18.2 Å². The summed E-state index contributed by atoms with van der Waals surface area (Å²) in [6, 6.07) is 4.97. The van der Waals surface area contributed by atoms with Gasteiger partial charge < -0.3 is 15.2 Å². The molecular formula is C13H17NO3. The molecule has 0 radical (unpaired) electrons. The van der Waals surface area contributed by atoms with E-state index in [-0.39, 0.29) is 5.97 Å². The molecular weight excluding hydrogens is 218 g/mol. The van der Waals surface area contributed by atoms with Crippen LogP contribution in [-0.2, 0) is 4.74 Å². The van der Waals surface area contributed by atoms with Gasteiger partial charge in [-0.25, -0.2) is 4.79 Å². The van der Waals surface area contributed by atoms with Gasteiger partial charge >= 0.3 is 5.97 Å². The van der Waals surface area contributed by atoms with Gasteiger partial charge in [0.05, 0.1) is 19.3 Å². The number of nitrogen functional groups attached to an aromatic ring is 1. The van der Waals surface area contributed by atoms with E-state index < -0.39 is 0 Å². The van der Waals surface area contributed by atoms with E-state index >= 15 is 0 Å². The van der Waals surface area contributed by atoms with Crippen molar-refractivity contribution in [3.05, 3.63) is 23.8 Å². The normalized spacial score (nSPS) is 14.4. The maximum absolute atomic E-state index is 11.8. The van der Waals surface area contributed by atoms with Crippen LogP contribution in [0.4, 0.5) is 5.69 Å². The van der Waals surface area contributed by atoms with Crippen molar-refractivity contribution >= 4 is 11.7 Å². The molecule has 2 N–H and O–H groups in total. The average Bonchev–Trinajstić information content (AvgIpc) is 3.13. The molecule has 92 valence electrons. The first-order valence-electron chi connectivity index (χ1n) is 5.81. The Kier molecular flexibility index (Phi) is 3.52. The van der Waals surface area contributed by atoms with E-state index in [1.807, 2.05) is 0 Å². The molecule has 1 fully saturated rings. The molecule has 17 heavy (non-hydrogen) atoms. The van der Waals surface area contributed by atoms with Gasteiger partial charge in [-0.2, -0.15) is 0 Å². The second kappa shape index (κ2) is 5.08. The monoisotopic (exact) mass is 235 g/mol. The van der Waals surface area contributed by atoms with E-state index in [0.717, 1.165) is 12.3 Å². The molecule has 2 rings (SSSR count). The van der Waals surface area contributed by atoms with Crippen LogP contribution < -0.4 is 10.5 Å². The van der Waals surface area contributed by atoms with E-state index in [2.05, 4.69) is 0 Å². The number of anilines is 1. The van der Waals surface area contributed by atoms with Crippen LogP contribution in [0.2, 0.25) is 0 Å². The van der Waals surface area contributed by atoms with Gasteiger partial charge in [-0.05, 0) is 30.5 Å². The van der Waals surface area contributed by atoms with Crippen molar-refractivity contribution in [2.24, 2.45) is 5.92 Å². The highest BCUT2D eigenvalue weighted by Crippen LogP contribution is 2.32. The molecule has 1 saturated carbocycles. The van der Waals surface area contributed by atoms with Gasteiger partial charge in [-0.3, -0.25) is 0 Å². The lowest BCUT2D eigenvalue weighted by atomic mass is 10.1. The van der Waals surface area contributed by atoms with Crippen molar-refractivity contribution in [2.45, 2.75) is 19.3 Å². The fourth-order valence-electron chi connectivity index (χ4n) is 1.64. The summed E-state index contributed by atoms with van der Waals surface area (Å²) in [4.78, 5) is 11.8. The predicted molar refractivity (Wildman–Crippen MR) is 65.0 cm³/mol. The standard InChI is InChI=1S/C13H17NO3/c1-16-10-4-5-12(14)11(8-10)13(15)17-7-6-9-2-3-9/h4-5,8-9H,2-3,6-7,14H2,1H3. The summed E-state index contributed by atoms with van der Waals surface area (Å²) < 4.78 is 10.2. The molecule has 1 aliphatic rings. The molecule has 1 aromatic rings. The van der Waals surface area contributed by atoms with E-state index in [1.165, 1.54) is 12.8 Å². The van der Waals surface area contributed by atoms with E-state index in [4.69, 9.17) is 15.2 Å². The molecule has 4 heteroatoms. The van der Waals surface area contributed by atoms with Crippen molar-refractivity contribution in [1.29, 1.82) is 0 Å². The quantitative estimate of drug-likeness (QED) is 0.628. The van der Waals surface area contributed by atoms with Gasteiger partial charge in [-0.15, -0.1) is 0 Å². The van der Waals surface area contributed by atoms with Gasteiger partial charge in [0.2, 0.25) is 0 Å². The number of ether oxygens (including phenoxy) is 2. The number of nitrogens with two attached hydrogens (primary N) is 1. The summed E-state index contributed by atoms with van der Waals surface area (Å²) in [5.41, 5.74) is 6.53. The molecule has 0 amide bonds. The van der Waals surface area contributed by atoms with Gasteiger partial charge in [0.15, 0.2) is 0 Å². The van der Waals surface area contributed by atoms with Crippen molar-refractivity contribution < 1.29 is 14.3 Å². The number of methoxy groups -OCH3 is 1. The van der Waals surface area contributed by atoms with Crippen LogP contribution in [-0.4, -0.2) is 19.7 Å². The molecule has 0 atom stereocenters. The second-order valence-corrected chi connectivity index (χ2v) is 4.32. The molecule has 0 heterocycles. The Bertz CT molecular complexity index is 413. The average molecular weight is 235 g/mol. The number of hydrogen-bond acceptors (Lipinski definition) is 4. The van der Waals surface area contributed by atoms with Gasteiger partial charge in [0.1, 0.15) is 5.75 Å². The number of benzene rings is 1. The molecule has 1 aliphatic carbocycles. The molecule has 4 nitrogen and oxygen atoms in total. The minimum Gasteiger partial charge on any atom is -0.497 e. The van der Waals surface area contributed by atoms with Crippen molar-refractivity contribution in [3.63, 3.8) is 0 Å². The van der Waals surface area contributed by atoms with Crippen LogP contribution >= 0.6 is 0 Å². The van der Waals surface area contributed by atoms with Crippen molar-refractivity contribution in [3.8, 4) is 5.75 Å². The zero-order chi connectivity index (χ0) is 12.3. The lowest BCUT2D eigenvalue weighted by Gasteiger charge is -2.08. The summed E-state index contributed by atoms with van der Waals surface area (Å²) in [6.45, 7) is 0.472. The maximum Gasteiger partial charge on any atom is 0.340 e. The molecule has 0 bridgehead atoms. The van der Waals surface area contributed by atoms with Crippen LogP contribution in [0.1, 0.15) is 29.6 Å². The van der Waals surface area contributed by atoms with Crippen LogP contribution in [0, 0.1) is 5.92 Å². The van der Waals surface area contributed by atoms with Gasteiger partial charge in [0.25, 0.3) is 0 Å². The highest BCUT2D eigenvalue weighted by atomic mass is 16.5. The number of carbonyl (C=O) groups excluding carboxylic acids is 1. The highest BCUT2D eigenvalue weighted by Gasteiger charge is 2.21. The summed E-state index contributed by atoms with van der Waals surface area (Å²) in [5, 5.41) is 0. The number of hydrogen-bond donors (Lipinski definition) is 1. The number of esters is 1. The zero-order valence-corrected chi connectivity index (χ0v) is 9.94. The Morgan fingerprint density at radius 2 is 2.24 bits per heavy atom. The zero-order valence-electron chi connectivity index (χ0n) is 9.94. The fraction of sp³-hybridized carbons (Fsp3) is 0.462. The van der Waals surface area contributed by atoms with Crippen molar-refractivity contribution in [2.75, 3.05) is 19.5 Å². The van der Waals surface area contributed by atoms with Gasteiger partial charge in [-0.1, -0.05) is 12.8 Å². The first-order valence-corrected chi connectivity index (χ1v) is 5.81. The van der Waals surface area contributed by atoms with Gasteiger partial charge in [0, 0.05) is 5.69 Å². The third-order valence-electron chi connectivity index (χ3n) is 2.94. The van der Waals surface area contributed by atoms with E-state index in [1.54, 1.807) is 25.3 Å². The third kappa shape index (κ3) is 3.12. The molecule has 0 unspecified atom stereocenters. The van der Waals surface area contributed by atoms with Crippen molar-refractivity contribution in [1.82, 2.24) is 0 Å². The SMILES string of the molecule is COc1ccc(N)c(C(=O)OCCC2CC2)c1. The van der Waals surface area contributed by atoms with Crippen LogP contribution in [0.3, 0.4) is 0 Å². The highest BCUT2D eigenvalue weighted by molar-refractivity contribution is 5.95. The predicted octanol–water partition coefficient (Wildman–Crippen LogP) is 2.23. The lowest BCUT2D eigenvalue weighted by Crippen LogP contribution is -2.09. The maximum atomic E-state index is 11.8. The fourth-order valence-corrected chi connectivity index (χ4v) is 1.64. The van der Waals surface area contributed by atoms with E-state index in [9.17, 15) is 4.79 Å². The number of carbonyl (C=O) groups is 1. The largest absolute Gasteiger partial charge is 0.497 e. The summed E-state index contributed by atoms with van der Waals surface area (Å²) in [7, 11) is 1.55. The number of rotatable bonds is 5. The van der Waals surface area contributed by atoms with Crippen LogP contribution in [0.5, 0.6) is 5.75 Å². The molecule has 0 aromatic heterocycles. The Hall–Kier alpha value is -1.71. The Labute approximate surface area is 101 Å². The van der Waals surface area contributed by atoms with Crippen LogP contribution in [0.25, 0.3) is 0 Å². The van der Waals surface area contributed by atoms with E-state index in [0.29, 0.717) is 23.6 Å². The second-order valence-electron chi connectivity index (χ2n) is 4.32. The molecule has 0 aliphatic heterocycles. The first kappa shape index (κ1) is 11.8. The Morgan fingerprint density at radius 1 is 1.47 bits per heavy atom. The summed E-state index contributed by atoms with van der Waals surface area (Å²) in [6.07, 6.45) is 3.48. The minimum atomic E-state index is -0.373. The molecule has 0 spiro atoms. The Morgan fingerprint density at radius 3 is 2.88 bits per heavy atom. The topological polar surface area (TPSA) is 61.5 Å². The summed E-state index contributed by atoms with van der Waals surface area (Å²) >= 11 is 0.